The smallest absolute Gasteiger partial charge is 0.323 e. The molecule has 2 unspecified atom stereocenters. The predicted octanol–water partition coefficient (Wildman–Crippen LogP) is 3.34. The van der Waals surface area contributed by atoms with E-state index in [2.05, 4.69) is 30.4 Å². The average molecular weight is 807 g/mol. The van der Waals surface area contributed by atoms with Crippen LogP contribution < -0.4 is 0 Å². The number of aromatic nitrogens is 6. The van der Waals surface area contributed by atoms with Gasteiger partial charge in [0.25, 0.3) is 0 Å². The molecule has 0 saturated carbocycles. The normalized spacial score (nSPS) is 17.3. The molecule has 5 rings (SSSR count). The van der Waals surface area contributed by atoms with Gasteiger partial charge in [-0.15, -0.1) is 10.2 Å². The molecule has 1 saturated heterocycles. The van der Waals surface area contributed by atoms with Gasteiger partial charge in [0.2, 0.25) is 0 Å². The van der Waals surface area contributed by atoms with Gasteiger partial charge in [0.1, 0.15) is 34.4 Å². The van der Waals surface area contributed by atoms with E-state index >= 15 is 0 Å². The Kier molecular flexibility index (Phi) is 14.9. The summed E-state index contributed by atoms with van der Waals surface area (Å²) >= 11 is 0. The van der Waals surface area contributed by atoms with Gasteiger partial charge < -0.3 is 19.7 Å². The zero-order valence-corrected chi connectivity index (χ0v) is 34.5. The van der Waals surface area contributed by atoms with E-state index in [0.717, 1.165) is 16.6 Å². The van der Waals surface area contributed by atoms with Crippen LogP contribution in [0.25, 0.3) is 22.1 Å². The molecule has 0 bridgehead atoms. The molecular weight excluding hydrogens is 749 g/mol. The highest BCUT2D eigenvalue weighted by Gasteiger charge is 2.33. The van der Waals surface area contributed by atoms with Crippen molar-refractivity contribution < 1.29 is 38.9 Å². The van der Waals surface area contributed by atoms with Gasteiger partial charge in [-0.1, -0.05) is 34.7 Å². The van der Waals surface area contributed by atoms with Gasteiger partial charge in [-0.3, -0.25) is 38.8 Å². The number of carboxylic acid groups (broad SMARTS) is 2. The van der Waals surface area contributed by atoms with Crippen molar-refractivity contribution in [3.63, 3.8) is 0 Å². The van der Waals surface area contributed by atoms with Crippen LogP contribution in [0, 0.1) is 0 Å². The Morgan fingerprint density at radius 2 is 1.17 bits per heavy atom. The Bertz CT molecular complexity index is 2000. The number of hydrogen-bond donors (Lipinski definition) is 2. The van der Waals surface area contributed by atoms with E-state index < -0.39 is 47.3 Å². The lowest BCUT2D eigenvalue weighted by Gasteiger charge is -2.39. The molecule has 0 radical (unpaired) electrons. The van der Waals surface area contributed by atoms with Crippen LogP contribution in [0.15, 0.2) is 48.5 Å². The van der Waals surface area contributed by atoms with Gasteiger partial charge in [-0.05, 0) is 78.6 Å². The van der Waals surface area contributed by atoms with Crippen LogP contribution in [-0.2, 0) is 35.3 Å². The highest BCUT2D eigenvalue weighted by molar-refractivity contribution is 5.78. The van der Waals surface area contributed by atoms with Crippen LogP contribution in [-0.4, -0.2) is 160 Å². The van der Waals surface area contributed by atoms with Gasteiger partial charge in [-0.25, -0.2) is 9.36 Å². The Morgan fingerprint density at radius 1 is 0.655 bits per heavy atom. The first-order chi connectivity index (χ1) is 27.5. The monoisotopic (exact) mass is 806 g/mol. The van der Waals surface area contributed by atoms with Crippen molar-refractivity contribution in [1.82, 2.24) is 49.6 Å². The zero-order valence-electron chi connectivity index (χ0n) is 34.5. The van der Waals surface area contributed by atoms with Crippen LogP contribution >= 0.6 is 0 Å². The van der Waals surface area contributed by atoms with Crippen LogP contribution in [0.4, 0.5) is 0 Å². The Hall–Kier alpha value is -5.04. The molecular formula is C40H58N10O8. The molecule has 18 nitrogen and oxygen atoms in total. The maximum absolute atomic E-state index is 13.8. The summed E-state index contributed by atoms with van der Waals surface area (Å²) in [5.74, 6) is -2.88. The molecule has 316 valence electrons. The van der Waals surface area contributed by atoms with Crippen molar-refractivity contribution in [2.45, 2.75) is 97.3 Å². The van der Waals surface area contributed by atoms with E-state index in [9.17, 15) is 29.4 Å². The number of carbonyl (C=O) groups is 4. The van der Waals surface area contributed by atoms with E-state index in [1.807, 2.05) is 83.8 Å². The number of benzene rings is 2. The van der Waals surface area contributed by atoms with E-state index in [1.54, 1.807) is 25.5 Å². The Labute approximate surface area is 338 Å². The SMILES string of the molecule is CC(C)(C)OC(=O)CN1CCN(C(CCC(=O)O)C(=O)OC(C)(C)C)CCN(Cn2nnc3ccccc32)CCN(C(CCC(=O)O)n2nnc3ccccc32)CC1. The van der Waals surface area contributed by atoms with Crippen molar-refractivity contribution in [3.05, 3.63) is 48.5 Å². The standard InChI is InChI=1S/C40H58N10O8/c1-39(2,3)57-37(55)27-45-19-23-47(33(15-17-35(51)52)38(56)58-40(4,5)6)24-21-46(28-49-31-13-9-7-11-29(31)41-43-49)22-26-48(25-20-45)34(16-18-36(53)54)50-32-14-10-8-12-30(32)42-44-50/h7-14,33-34H,15-28H2,1-6H3,(H,51,52)(H,53,54). The summed E-state index contributed by atoms with van der Waals surface area (Å²) in [7, 11) is 0. The summed E-state index contributed by atoms with van der Waals surface area (Å²) in [6, 6.07) is 14.4. The molecule has 1 aliphatic heterocycles. The molecule has 4 aromatic rings. The maximum atomic E-state index is 13.8. The molecule has 2 N–H and O–H groups in total. The molecule has 0 spiro atoms. The van der Waals surface area contributed by atoms with E-state index in [0.29, 0.717) is 64.5 Å². The van der Waals surface area contributed by atoms with Crippen LogP contribution in [0.5, 0.6) is 0 Å². The van der Waals surface area contributed by atoms with Crippen molar-refractivity contribution in [2.24, 2.45) is 0 Å². The van der Waals surface area contributed by atoms with Gasteiger partial charge >= 0.3 is 23.9 Å². The van der Waals surface area contributed by atoms with Crippen LogP contribution in [0.2, 0.25) is 0 Å². The lowest BCUT2D eigenvalue weighted by molar-refractivity contribution is -0.163. The predicted molar refractivity (Wildman–Crippen MR) is 214 cm³/mol. The van der Waals surface area contributed by atoms with Crippen LogP contribution in [0.3, 0.4) is 0 Å². The number of esters is 2. The lowest BCUT2D eigenvalue weighted by Crippen LogP contribution is -2.52. The molecule has 1 fully saturated rings. The number of aliphatic carboxylic acids is 2. The number of hydrogen-bond acceptors (Lipinski definition) is 14. The third-order valence-electron chi connectivity index (χ3n) is 9.79. The minimum Gasteiger partial charge on any atom is -0.481 e. The fourth-order valence-corrected chi connectivity index (χ4v) is 7.10. The molecule has 3 heterocycles. The number of fused-ring (bicyclic) bond motifs is 2. The molecule has 0 amide bonds. The number of carbonyl (C=O) groups excluding carboxylic acids is 2. The molecule has 2 atom stereocenters. The zero-order chi connectivity index (χ0) is 42.0. The van der Waals surface area contributed by atoms with Gasteiger partial charge in [-0.2, -0.15) is 0 Å². The number of para-hydroxylation sites is 2. The molecule has 0 aliphatic carbocycles. The summed E-state index contributed by atoms with van der Waals surface area (Å²) in [5.41, 5.74) is 1.54. The topological polar surface area (TPSA) is 202 Å². The molecule has 1 aliphatic rings. The average Bonchev–Trinajstić information content (AvgIpc) is 3.74. The summed E-state index contributed by atoms with van der Waals surface area (Å²) in [6.45, 7) is 14.2. The number of carboxylic acids is 2. The van der Waals surface area contributed by atoms with Crippen molar-refractivity contribution >= 4 is 45.9 Å². The van der Waals surface area contributed by atoms with E-state index in [-0.39, 0.29) is 32.2 Å². The number of ether oxygens (including phenoxy) is 2. The minimum absolute atomic E-state index is 0.0366. The second kappa shape index (κ2) is 19.6. The Balaban J connectivity index is 1.54. The number of nitrogens with zero attached hydrogens (tertiary/aromatic N) is 10. The molecule has 58 heavy (non-hydrogen) atoms. The third kappa shape index (κ3) is 13.0. The first kappa shape index (κ1) is 44.1. The summed E-state index contributed by atoms with van der Waals surface area (Å²) in [6.07, 6.45) is -0.553. The van der Waals surface area contributed by atoms with E-state index in [1.165, 1.54) is 0 Å². The van der Waals surface area contributed by atoms with Gasteiger partial charge in [0.05, 0.1) is 24.2 Å². The highest BCUT2D eigenvalue weighted by Crippen LogP contribution is 2.25. The van der Waals surface area contributed by atoms with Crippen molar-refractivity contribution in [2.75, 3.05) is 58.9 Å². The molecule has 18 heteroatoms. The van der Waals surface area contributed by atoms with Gasteiger partial charge in [0, 0.05) is 65.2 Å². The fourth-order valence-electron chi connectivity index (χ4n) is 7.10. The Morgan fingerprint density at radius 3 is 1.78 bits per heavy atom. The number of rotatable bonds is 14. The summed E-state index contributed by atoms with van der Waals surface area (Å²) in [4.78, 5) is 59.4. The van der Waals surface area contributed by atoms with Crippen molar-refractivity contribution in [3.8, 4) is 0 Å². The highest BCUT2D eigenvalue weighted by atomic mass is 16.6. The largest absolute Gasteiger partial charge is 0.481 e. The lowest BCUT2D eigenvalue weighted by atomic mass is 10.1. The summed E-state index contributed by atoms with van der Waals surface area (Å²) in [5, 5.41) is 37.3. The summed E-state index contributed by atoms with van der Waals surface area (Å²) < 4.78 is 15.2. The quantitative estimate of drug-likeness (QED) is 0.176. The fraction of sp³-hybridized carbons (Fsp3) is 0.600. The first-order valence-electron chi connectivity index (χ1n) is 19.8. The second-order valence-corrected chi connectivity index (χ2v) is 16.7. The second-order valence-electron chi connectivity index (χ2n) is 16.7. The third-order valence-corrected chi connectivity index (χ3v) is 9.79. The van der Waals surface area contributed by atoms with Gasteiger partial charge in [0.15, 0.2) is 0 Å². The molecule has 2 aromatic carbocycles. The first-order valence-corrected chi connectivity index (χ1v) is 19.8. The van der Waals surface area contributed by atoms with Crippen molar-refractivity contribution in [1.29, 1.82) is 0 Å². The van der Waals surface area contributed by atoms with Crippen LogP contribution in [0.1, 0.15) is 73.4 Å². The maximum Gasteiger partial charge on any atom is 0.323 e. The molecule has 2 aromatic heterocycles. The van der Waals surface area contributed by atoms with E-state index in [4.69, 9.17) is 9.47 Å². The minimum atomic E-state index is -1.02.